The zero-order chi connectivity index (χ0) is 14.8. The normalized spacial score (nSPS) is 23.1. The molecule has 2 fully saturated rings. The van der Waals surface area contributed by atoms with Crippen molar-refractivity contribution in [1.82, 2.24) is 15.1 Å². The van der Waals surface area contributed by atoms with E-state index in [1.807, 2.05) is 16.7 Å². The van der Waals surface area contributed by atoms with E-state index in [-0.39, 0.29) is 5.92 Å². The highest BCUT2D eigenvalue weighted by Crippen LogP contribution is 2.30. The number of carbonyl (C=O) groups excluding carboxylic acids is 1. The summed E-state index contributed by atoms with van der Waals surface area (Å²) in [5.74, 6) is 3.06. The van der Waals surface area contributed by atoms with Gasteiger partial charge in [0.15, 0.2) is 0 Å². The highest BCUT2D eigenvalue weighted by atomic mass is 32.2. The van der Waals surface area contributed by atoms with Gasteiger partial charge in [-0.3, -0.25) is 4.79 Å². The molecule has 5 nitrogen and oxygen atoms in total. The third kappa shape index (κ3) is 3.34. The maximum absolute atomic E-state index is 12.5. The van der Waals surface area contributed by atoms with E-state index in [0.29, 0.717) is 11.8 Å². The van der Waals surface area contributed by atoms with Crippen LogP contribution in [-0.2, 0) is 4.79 Å². The first kappa shape index (κ1) is 15.1. The Morgan fingerprint density at radius 1 is 1.24 bits per heavy atom. The van der Waals surface area contributed by atoms with Crippen LogP contribution >= 0.6 is 23.1 Å². The SMILES string of the molecule is CC(C)c1nnc(N2CCC(C(=O)N3CCSCC3)C2)s1. The largest absolute Gasteiger partial charge is 0.346 e. The van der Waals surface area contributed by atoms with Gasteiger partial charge in [-0.25, -0.2) is 0 Å². The zero-order valence-corrected chi connectivity index (χ0v) is 14.3. The number of anilines is 1. The number of carbonyl (C=O) groups is 1. The van der Waals surface area contributed by atoms with E-state index in [9.17, 15) is 4.79 Å². The molecule has 2 aliphatic rings. The lowest BCUT2D eigenvalue weighted by atomic mass is 10.1. The van der Waals surface area contributed by atoms with Crippen LogP contribution in [0.25, 0.3) is 0 Å². The van der Waals surface area contributed by atoms with E-state index < -0.39 is 0 Å². The van der Waals surface area contributed by atoms with Crippen molar-refractivity contribution in [1.29, 1.82) is 0 Å². The van der Waals surface area contributed by atoms with Gasteiger partial charge in [0.05, 0.1) is 5.92 Å². The summed E-state index contributed by atoms with van der Waals surface area (Å²) in [6.07, 6.45) is 0.944. The Morgan fingerprint density at radius 2 is 2.00 bits per heavy atom. The fraction of sp³-hybridized carbons (Fsp3) is 0.786. The Balaban J connectivity index is 1.60. The van der Waals surface area contributed by atoms with Crippen LogP contribution in [0.5, 0.6) is 0 Å². The standard InChI is InChI=1S/C14H22N4OS2/c1-10(2)12-15-16-14(21-12)18-4-3-11(9-18)13(19)17-5-7-20-8-6-17/h10-11H,3-9H2,1-2H3. The quantitative estimate of drug-likeness (QED) is 0.851. The highest BCUT2D eigenvalue weighted by Gasteiger charge is 2.33. The molecule has 1 unspecified atom stereocenters. The molecule has 1 atom stereocenters. The molecule has 2 aliphatic heterocycles. The molecule has 1 aromatic heterocycles. The van der Waals surface area contributed by atoms with E-state index in [1.165, 1.54) is 0 Å². The molecule has 0 aromatic carbocycles. The second kappa shape index (κ2) is 6.52. The third-order valence-corrected chi connectivity index (χ3v) is 6.28. The van der Waals surface area contributed by atoms with Crippen LogP contribution in [0.15, 0.2) is 0 Å². The first-order chi connectivity index (χ1) is 10.1. The van der Waals surface area contributed by atoms with Crippen LogP contribution in [0.3, 0.4) is 0 Å². The molecule has 7 heteroatoms. The number of hydrogen-bond acceptors (Lipinski definition) is 6. The van der Waals surface area contributed by atoms with Gasteiger partial charge in [0, 0.05) is 43.6 Å². The van der Waals surface area contributed by atoms with Crippen molar-refractivity contribution in [3.05, 3.63) is 5.01 Å². The first-order valence-corrected chi connectivity index (χ1v) is 9.57. The zero-order valence-electron chi connectivity index (χ0n) is 12.6. The average Bonchev–Trinajstić information content (AvgIpc) is 3.16. The fourth-order valence-corrected chi connectivity index (χ4v) is 4.55. The minimum atomic E-state index is 0.138. The minimum Gasteiger partial charge on any atom is -0.346 e. The van der Waals surface area contributed by atoms with Crippen LogP contribution in [0.4, 0.5) is 5.13 Å². The van der Waals surface area contributed by atoms with E-state index in [0.717, 1.165) is 54.2 Å². The first-order valence-electron chi connectivity index (χ1n) is 7.60. The van der Waals surface area contributed by atoms with Gasteiger partial charge in [-0.15, -0.1) is 10.2 Å². The van der Waals surface area contributed by atoms with Gasteiger partial charge in [-0.1, -0.05) is 25.2 Å². The molecule has 0 spiro atoms. The maximum Gasteiger partial charge on any atom is 0.227 e. The summed E-state index contributed by atoms with van der Waals surface area (Å²) in [5.41, 5.74) is 0. The summed E-state index contributed by atoms with van der Waals surface area (Å²) in [4.78, 5) is 16.8. The Morgan fingerprint density at radius 3 is 2.67 bits per heavy atom. The van der Waals surface area contributed by atoms with E-state index >= 15 is 0 Å². The van der Waals surface area contributed by atoms with E-state index in [1.54, 1.807) is 11.3 Å². The van der Waals surface area contributed by atoms with Gasteiger partial charge in [-0.05, 0) is 6.42 Å². The Labute approximate surface area is 134 Å². The van der Waals surface area contributed by atoms with Gasteiger partial charge in [0.1, 0.15) is 5.01 Å². The Bertz CT molecular complexity index is 499. The minimum absolute atomic E-state index is 0.138. The number of nitrogens with zero attached hydrogens (tertiary/aromatic N) is 4. The molecule has 0 aliphatic carbocycles. The summed E-state index contributed by atoms with van der Waals surface area (Å²) in [6.45, 7) is 7.82. The van der Waals surface area contributed by atoms with Crippen molar-refractivity contribution >= 4 is 34.1 Å². The van der Waals surface area contributed by atoms with Crippen molar-refractivity contribution in [2.24, 2.45) is 5.92 Å². The Kier molecular flexibility index (Phi) is 4.69. The number of thioether (sulfide) groups is 1. The smallest absolute Gasteiger partial charge is 0.227 e. The highest BCUT2D eigenvalue weighted by molar-refractivity contribution is 7.99. The van der Waals surface area contributed by atoms with Crippen molar-refractivity contribution < 1.29 is 4.79 Å². The molecular weight excluding hydrogens is 304 g/mol. The van der Waals surface area contributed by atoms with Crippen molar-refractivity contribution in [3.8, 4) is 0 Å². The van der Waals surface area contributed by atoms with Crippen LogP contribution in [-0.4, -0.2) is 58.7 Å². The predicted octanol–water partition coefficient (Wildman–Crippen LogP) is 2.06. The molecule has 3 heterocycles. The molecule has 3 rings (SSSR count). The number of rotatable bonds is 3. The lowest BCUT2D eigenvalue weighted by Crippen LogP contribution is -2.42. The monoisotopic (exact) mass is 326 g/mol. The molecule has 0 saturated carbocycles. The van der Waals surface area contributed by atoms with E-state index in [2.05, 4.69) is 28.9 Å². The number of amides is 1. The molecule has 1 amide bonds. The maximum atomic E-state index is 12.5. The van der Waals surface area contributed by atoms with E-state index in [4.69, 9.17) is 0 Å². The molecule has 2 saturated heterocycles. The summed E-state index contributed by atoms with van der Waals surface area (Å²) in [5, 5.41) is 10.6. The molecule has 0 bridgehead atoms. The summed E-state index contributed by atoms with van der Waals surface area (Å²) in [6, 6.07) is 0. The molecule has 0 N–H and O–H groups in total. The van der Waals surface area contributed by atoms with Crippen LogP contribution in [0.1, 0.15) is 31.2 Å². The van der Waals surface area contributed by atoms with Gasteiger partial charge in [0.25, 0.3) is 0 Å². The molecule has 1 aromatic rings. The van der Waals surface area contributed by atoms with Gasteiger partial charge >= 0.3 is 0 Å². The molecule has 0 radical (unpaired) electrons. The van der Waals surface area contributed by atoms with Crippen LogP contribution < -0.4 is 4.90 Å². The average molecular weight is 326 g/mol. The lowest BCUT2D eigenvalue weighted by Gasteiger charge is -2.28. The van der Waals surface area contributed by atoms with Crippen LogP contribution in [0.2, 0.25) is 0 Å². The predicted molar refractivity (Wildman–Crippen MR) is 88.2 cm³/mol. The van der Waals surface area contributed by atoms with Gasteiger partial charge in [0.2, 0.25) is 11.0 Å². The van der Waals surface area contributed by atoms with Crippen molar-refractivity contribution in [2.45, 2.75) is 26.2 Å². The number of aromatic nitrogens is 2. The van der Waals surface area contributed by atoms with Gasteiger partial charge in [-0.2, -0.15) is 11.8 Å². The number of hydrogen-bond donors (Lipinski definition) is 0. The second-order valence-corrected chi connectivity index (χ2v) is 8.16. The van der Waals surface area contributed by atoms with Gasteiger partial charge < -0.3 is 9.80 Å². The third-order valence-electron chi connectivity index (χ3n) is 4.05. The molecule has 21 heavy (non-hydrogen) atoms. The van der Waals surface area contributed by atoms with Crippen LogP contribution in [0, 0.1) is 5.92 Å². The summed E-state index contributed by atoms with van der Waals surface area (Å²) < 4.78 is 0. The topological polar surface area (TPSA) is 49.3 Å². The molecule has 116 valence electrons. The molecular formula is C14H22N4OS2. The lowest BCUT2D eigenvalue weighted by molar-refractivity contribution is -0.134. The van der Waals surface area contributed by atoms with Crippen molar-refractivity contribution in [2.75, 3.05) is 42.6 Å². The second-order valence-electron chi connectivity index (χ2n) is 5.95. The van der Waals surface area contributed by atoms with Crippen molar-refractivity contribution in [3.63, 3.8) is 0 Å². The summed E-state index contributed by atoms with van der Waals surface area (Å²) in [7, 11) is 0. The Hall–Kier alpha value is -0.820. The fourth-order valence-electron chi connectivity index (χ4n) is 2.77. The summed E-state index contributed by atoms with van der Waals surface area (Å²) >= 11 is 3.60.